The first-order chi connectivity index (χ1) is 7.47. The Bertz CT molecular complexity index is 422. The van der Waals surface area contributed by atoms with Crippen LogP contribution in [0.4, 0.5) is 0 Å². The van der Waals surface area contributed by atoms with Gasteiger partial charge in [-0.05, 0) is 55.9 Å². The second-order valence-corrected chi connectivity index (χ2v) is 4.88. The maximum Gasteiger partial charge on any atom is 0.163 e. The monoisotopic (exact) mass is 221 g/mol. The first-order valence-corrected chi connectivity index (χ1v) is 5.62. The van der Waals surface area contributed by atoms with Crippen LogP contribution in [0, 0.1) is 13.8 Å². The molecule has 1 aliphatic rings. The van der Waals surface area contributed by atoms with Crippen molar-refractivity contribution in [2.45, 2.75) is 38.6 Å². The molecule has 0 atom stereocenters. The van der Waals surface area contributed by atoms with Crippen LogP contribution in [-0.2, 0) is 6.42 Å². The van der Waals surface area contributed by atoms with E-state index in [1.54, 1.807) is 13.2 Å². The number of hydrogen-bond acceptors (Lipinski definition) is 3. The molecule has 3 heteroatoms. The number of nitrogens with two attached hydrogens (primary N) is 1. The van der Waals surface area contributed by atoms with E-state index in [9.17, 15) is 5.11 Å². The Kier molecular flexibility index (Phi) is 2.58. The fourth-order valence-electron chi connectivity index (χ4n) is 2.10. The van der Waals surface area contributed by atoms with Crippen LogP contribution >= 0.6 is 0 Å². The lowest BCUT2D eigenvalue weighted by Gasteiger charge is -2.16. The molecule has 1 fully saturated rings. The Morgan fingerprint density at radius 1 is 1.38 bits per heavy atom. The predicted molar refractivity (Wildman–Crippen MR) is 64.0 cm³/mol. The highest BCUT2D eigenvalue weighted by molar-refractivity contribution is 5.53. The van der Waals surface area contributed by atoms with E-state index in [1.807, 2.05) is 6.92 Å². The fraction of sp³-hybridized carbons (Fsp3) is 0.538. The number of hydrogen-bond donors (Lipinski definition) is 2. The highest BCUT2D eigenvalue weighted by Crippen LogP contribution is 2.40. The van der Waals surface area contributed by atoms with Crippen molar-refractivity contribution in [1.82, 2.24) is 0 Å². The Morgan fingerprint density at radius 2 is 2.00 bits per heavy atom. The summed E-state index contributed by atoms with van der Waals surface area (Å²) in [6, 6.07) is 1.79. The average molecular weight is 221 g/mol. The molecule has 1 aromatic rings. The third kappa shape index (κ3) is 1.87. The first-order valence-electron chi connectivity index (χ1n) is 5.62. The van der Waals surface area contributed by atoms with E-state index in [1.165, 1.54) is 5.56 Å². The molecule has 0 bridgehead atoms. The first kappa shape index (κ1) is 11.3. The van der Waals surface area contributed by atoms with Crippen molar-refractivity contribution in [3.05, 3.63) is 22.8 Å². The topological polar surface area (TPSA) is 55.5 Å². The second kappa shape index (κ2) is 3.67. The molecule has 0 heterocycles. The van der Waals surface area contributed by atoms with Crippen LogP contribution in [0.25, 0.3) is 0 Å². The molecule has 3 nitrogen and oxygen atoms in total. The molecule has 2 rings (SSSR count). The molecule has 0 amide bonds. The molecule has 0 unspecified atom stereocenters. The molecule has 16 heavy (non-hydrogen) atoms. The van der Waals surface area contributed by atoms with E-state index in [2.05, 4.69) is 6.92 Å². The summed E-state index contributed by atoms with van der Waals surface area (Å²) in [5.41, 5.74) is 9.38. The van der Waals surface area contributed by atoms with Gasteiger partial charge in [0.2, 0.25) is 0 Å². The highest BCUT2D eigenvalue weighted by atomic mass is 16.5. The van der Waals surface area contributed by atoms with E-state index >= 15 is 0 Å². The van der Waals surface area contributed by atoms with Crippen molar-refractivity contribution in [3.8, 4) is 11.5 Å². The summed E-state index contributed by atoms with van der Waals surface area (Å²) in [7, 11) is 1.58. The fourth-order valence-corrected chi connectivity index (χ4v) is 2.10. The molecule has 0 spiro atoms. The molecular weight excluding hydrogens is 202 g/mol. The quantitative estimate of drug-likeness (QED) is 0.821. The normalized spacial score (nSPS) is 17.2. The van der Waals surface area contributed by atoms with E-state index in [4.69, 9.17) is 10.5 Å². The predicted octanol–water partition coefficient (Wildman–Crippen LogP) is 2.05. The molecule has 1 aliphatic carbocycles. The summed E-state index contributed by atoms with van der Waals surface area (Å²) in [4.78, 5) is 0. The maximum atomic E-state index is 9.85. The van der Waals surface area contributed by atoms with Crippen molar-refractivity contribution in [2.75, 3.05) is 7.11 Å². The summed E-state index contributed by atoms with van der Waals surface area (Å²) in [6.45, 7) is 4.02. The van der Waals surface area contributed by atoms with Gasteiger partial charge in [0.05, 0.1) is 7.11 Å². The minimum Gasteiger partial charge on any atom is -0.504 e. The SMILES string of the molecule is COc1c(O)cc(CC2(N)CC2)c(C)c1C. The molecule has 0 radical (unpaired) electrons. The Labute approximate surface area is 96.2 Å². The van der Waals surface area contributed by atoms with Crippen LogP contribution in [0.2, 0.25) is 0 Å². The zero-order valence-electron chi connectivity index (χ0n) is 10.1. The minimum atomic E-state index is -0.0295. The zero-order chi connectivity index (χ0) is 11.9. The highest BCUT2D eigenvalue weighted by Gasteiger charge is 2.38. The van der Waals surface area contributed by atoms with Crippen LogP contribution in [-0.4, -0.2) is 17.8 Å². The number of ether oxygens (including phenoxy) is 1. The molecule has 1 saturated carbocycles. The van der Waals surface area contributed by atoms with Gasteiger partial charge in [-0.25, -0.2) is 0 Å². The summed E-state index contributed by atoms with van der Waals surface area (Å²) in [5.74, 6) is 0.785. The molecule has 0 aliphatic heterocycles. The Hall–Kier alpha value is -1.22. The average Bonchev–Trinajstić information content (AvgIpc) is 2.93. The van der Waals surface area contributed by atoms with Crippen molar-refractivity contribution in [1.29, 1.82) is 0 Å². The summed E-state index contributed by atoms with van der Waals surface area (Å²) in [6.07, 6.45) is 3.01. The van der Waals surface area contributed by atoms with Crippen molar-refractivity contribution in [2.24, 2.45) is 5.73 Å². The lowest BCUT2D eigenvalue weighted by molar-refractivity contribution is 0.370. The lowest BCUT2D eigenvalue weighted by atomic mass is 9.95. The second-order valence-electron chi connectivity index (χ2n) is 4.88. The summed E-state index contributed by atoms with van der Waals surface area (Å²) < 4.78 is 5.18. The van der Waals surface area contributed by atoms with Crippen molar-refractivity contribution < 1.29 is 9.84 Å². The van der Waals surface area contributed by atoms with Crippen molar-refractivity contribution in [3.63, 3.8) is 0 Å². The van der Waals surface area contributed by atoms with Gasteiger partial charge in [0.25, 0.3) is 0 Å². The Balaban J connectivity index is 2.39. The van der Waals surface area contributed by atoms with Gasteiger partial charge in [-0.3, -0.25) is 0 Å². The van der Waals surface area contributed by atoms with Gasteiger partial charge in [0.15, 0.2) is 11.5 Å². The van der Waals surface area contributed by atoms with Gasteiger partial charge < -0.3 is 15.6 Å². The number of methoxy groups -OCH3 is 1. The Morgan fingerprint density at radius 3 is 2.50 bits per heavy atom. The number of aromatic hydroxyl groups is 1. The molecule has 1 aromatic carbocycles. The van der Waals surface area contributed by atoms with Crippen LogP contribution in [0.3, 0.4) is 0 Å². The van der Waals surface area contributed by atoms with Gasteiger partial charge in [-0.2, -0.15) is 0 Å². The molecule has 0 aromatic heterocycles. The summed E-state index contributed by atoms with van der Waals surface area (Å²) >= 11 is 0. The number of phenolic OH excluding ortho intramolecular Hbond substituents is 1. The third-order valence-electron chi connectivity index (χ3n) is 3.57. The van der Waals surface area contributed by atoms with E-state index in [0.717, 1.165) is 30.4 Å². The molecule has 88 valence electrons. The number of phenols is 1. The van der Waals surface area contributed by atoms with Gasteiger partial charge in [0.1, 0.15) is 0 Å². The van der Waals surface area contributed by atoms with Crippen LogP contribution in [0.5, 0.6) is 11.5 Å². The smallest absolute Gasteiger partial charge is 0.163 e. The van der Waals surface area contributed by atoms with E-state index in [0.29, 0.717) is 5.75 Å². The number of benzene rings is 1. The number of rotatable bonds is 3. The van der Waals surface area contributed by atoms with Gasteiger partial charge in [-0.15, -0.1) is 0 Å². The standard InChI is InChI=1S/C13H19NO2/c1-8-9(2)12(16-3)11(15)6-10(8)7-13(14)4-5-13/h6,15H,4-5,7,14H2,1-3H3. The third-order valence-corrected chi connectivity index (χ3v) is 3.57. The van der Waals surface area contributed by atoms with Gasteiger partial charge >= 0.3 is 0 Å². The largest absolute Gasteiger partial charge is 0.504 e. The van der Waals surface area contributed by atoms with Crippen LogP contribution in [0.1, 0.15) is 29.5 Å². The van der Waals surface area contributed by atoms with E-state index < -0.39 is 0 Å². The lowest BCUT2D eigenvalue weighted by Crippen LogP contribution is -2.25. The minimum absolute atomic E-state index is 0.0295. The van der Waals surface area contributed by atoms with Crippen molar-refractivity contribution >= 4 is 0 Å². The molecule has 3 N–H and O–H groups in total. The molecular formula is C13H19NO2. The summed E-state index contributed by atoms with van der Waals surface area (Å²) in [5, 5.41) is 9.85. The van der Waals surface area contributed by atoms with Gasteiger partial charge in [0, 0.05) is 5.54 Å². The zero-order valence-corrected chi connectivity index (χ0v) is 10.1. The van der Waals surface area contributed by atoms with Crippen LogP contribution in [0.15, 0.2) is 6.07 Å². The van der Waals surface area contributed by atoms with E-state index in [-0.39, 0.29) is 11.3 Å². The van der Waals surface area contributed by atoms with Crippen LogP contribution < -0.4 is 10.5 Å². The van der Waals surface area contributed by atoms with Gasteiger partial charge in [-0.1, -0.05) is 0 Å². The maximum absolute atomic E-state index is 9.85. The molecule has 0 saturated heterocycles.